The fourth-order valence-corrected chi connectivity index (χ4v) is 8.69. The number of pyridine rings is 1. The van der Waals surface area contributed by atoms with Crippen LogP contribution in [0.3, 0.4) is 0 Å². The van der Waals surface area contributed by atoms with Crippen molar-refractivity contribution in [2.45, 2.75) is 65.3 Å². The van der Waals surface area contributed by atoms with E-state index in [1.165, 1.54) is 21.9 Å². The molecule has 0 saturated carbocycles. The quantitative estimate of drug-likeness (QED) is 0.214. The second-order valence-electron chi connectivity index (χ2n) is 16.5. The van der Waals surface area contributed by atoms with Gasteiger partial charge in [0.05, 0.1) is 42.9 Å². The van der Waals surface area contributed by atoms with Crippen LogP contribution in [0.5, 0.6) is 0 Å². The van der Waals surface area contributed by atoms with Gasteiger partial charge in [-0.25, -0.2) is 9.97 Å². The summed E-state index contributed by atoms with van der Waals surface area (Å²) in [7, 11) is 1.64. The van der Waals surface area contributed by atoms with Crippen molar-refractivity contribution in [3.8, 4) is 11.3 Å². The number of aryl methyl sites for hydroxylation is 1. The van der Waals surface area contributed by atoms with Gasteiger partial charge < -0.3 is 34.5 Å². The van der Waals surface area contributed by atoms with E-state index in [9.17, 15) is 19.5 Å². The van der Waals surface area contributed by atoms with Crippen LogP contribution in [0.15, 0.2) is 60.2 Å². The Balaban J connectivity index is 1.09. The van der Waals surface area contributed by atoms with Crippen LogP contribution in [-0.2, 0) is 42.6 Å². The molecule has 0 spiro atoms. The smallest absolute Gasteiger partial charge is 0.293 e. The first-order valence-corrected chi connectivity index (χ1v) is 18.9. The van der Waals surface area contributed by atoms with Crippen LogP contribution >= 0.6 is 0 Å². The van der Waals surface area contributed by atoms with Crippen LogP contribution in [-0.4, -0.2) is 91.9 Å². The number of benzene rings is 1. The predicted molar refractivity (Wildman–Crippen MR) is 212 cm³/mol. The van der Waals surface area contributed by atoms with Gasteiger partial charge in [0, 0.05) is 80.2 Å². The molecule has 1 aliphatic carbocycles. The highest BCUT2D eigenvalue weighted by Gasteiger charge is 2.40. The first-order valence-electron chi connectivity index (χ1n) is 18.9. The lowest BCUT2D eigenvalue weighted by molar-refractivity contribution is -0.111. The summed E-state index contributed by atoms with van der Waals surface area (Å²) in [6.45, 7) is 17.2. The monoisotopic (exact) mass is 747 g/mol. The number of aromatic nitrogens is 4. The van der Waals surface area contributed by atoms with Gasteiger partial charge in [-0.2, -0.15) is 0 Å². The summed E-state index contributed by atoms with van der Waals surface area (Å²) in [5.41, 5.74) is 6.04. The van der Waals surface area contributed by atoms with Gasteiger partial charge in [0.2, 0.25) is 5.91 Å². The van der Waals surface area contributed by atoms with Gasteiger partial charge in [0.25, 0.3) is 11.5 Å². The van der Waals surface area contributed by atoms with Gasteiger partial charge in [0.15, 0.2) is 5.82 Å². The second-order valence-corrected chi connectivity index (χ2v) is 16.5. The van der Waals surface area contributed by atoms with E-state index in [0.29, 0.717) is 58.8 Å². The number of hydrogen-bond acceptors (Lipinski definition) is 10. The van der Waals surface area contributed by atoms with E-state index >= 15 is 0 Å². The molecule has 2 fully saturated rings. The molecule has 3 N–H and O–H groups in total. The third-order valence-electron chi connectivity index (χ3n) is 11.5. The highest BCUT2D eigenvalue weighted by atomic mass is 16.5. The summed E-state index contributed by atoms with van der Waals surface area (Å²) in [5, 5.41) is 16.9. The molecule has 1 aromatic carbocycles. The fraction of sp³-hybridized carbons (Fsp3) is 0.439. The number of carbonyl (C=O) groups excluding carboxylic acids is 2. The first-order chi connectivity index (χ1) is 26.3. The van der Waals surface area contributed by atoms with E-state index in [-0.39, 0.29) is 34.1 Å². The van der Waals surface area contributed by atoms with Crippen molar-refractivity contribution >= 4 is 40.5 Å². The van der Waals surface area contributed by atoms with Gasteiger partial charge in [0.1, 0.15) is 11.5 Å². The number of nitrogens with one attached hydrogen (secondary N) is 2. The Kier molecular flexibility index (Phi) is 9.17. The van der Waals surface area contributed by atoms with Crippen molar-refractivity contribution in [1.82, 2.24) is 24.0 Å². The third-order valence-corrected chi connectivity index (χ3v) is 11.5. The minimum Gasteiger partial charge on any atom is -0.392 e. The molecular formula is C41H49N9O5. The van der Waals surface area contributed by atoms with Crippen LogP contribution in [0.2, 0.25) is 0 Å². The normalized spacial score (nSPS) is 19.1. The number of amides is 2. The molecule has 0 atom stereocenters. The van der Waals surface area contributed by atoms with Crippen molar-refractivity contribution in [3.63, 3.8) is 0 Å². The SMILES string of the molecule is C=CC(=O)Nc1cc(Nc2nc(-c3ccnc(N4CCn5c(cc6c5CC(C)(C)C6)C4=O)c3CO)cn(C)c2=O)ccc1N1CCN(C2COC2)CC1(C)C. The van der Waals surface area contributed by atoms with Gasteiger partial charge in [-0.1, -0.05) is 20.4 Å². The molecule has 6 heterocycles. The Morgan fingerprint density at radius 1 is 1.07 bits per heavy atom. The number of aliphatic hydroxyl groups is 1. The summed E-state index contributed by atoms with van der Waals surface area (Å²) < 4.78 is 9.02. The van der Waals surface area contributed by atoms with Crippen molar-refractivity contribution in [3.05, 3.63) is 88.2 Å². The van der Waals surface area contributed by atoms with Crippen LogP contribution in [0.25, 0.3) is 11.3 Å². The number of piperazine rings is 1. The number of fused-ring (bicyclic) bond motifs is 3. The first kappa shape index (κ1) is 36.7. The number of hydrogen-bond donors (Lipinski definition) is 3. The predicted octanol–water partition coefficient (Wildman–Crippen LogP) is 4.09. The molecule has 0 unspecified atom stereocenters. The molecule has 14 heteroatoms. The Labute approximate surface area is 320 Å². The minimum atomic E-state index is -0.395. The Morgan fingerprint density at radius 3 is 2.58 bits per heavy atom. The molecule has 4 aliphatic rings. The van der Waals surface area contributed by atoms with Gasteiger partial charge in [-0.05, 0) is 74.1 Å². The minimum absolute atomic E-state index is 0.0528. The number of carbonyl (C=O) groups is 2. The van der Waals surface area contributed by atoms with E-state index in [1.54, 1.807) is 36.5 Å². The molecule has 3 aliphatic heterocycles. The van der Waals surface area contributed by atoms with Gasteiger partial charge in [-0.15, -0.1) is 0 Å². The van der Waals surface area contributed by atoms with Gasteiger partial charge in [-0.3, -0.25) is 24.2 Å². The fourth-order valence-electron chi connectivity index (χ4n) is 8.69. The number of aliphatic hydroxyl groups excluding tert-OH is 1. The molecule has 8 rings (SSSR count). The Morgan fingerprint density at radius 2 is 1.87 bits per heavy atom. The molecule has 3 aromatic heterocycles. The van der Waals surface area contributed by atoms with Gasteiger partial charge >= 0.3 is 0 Å². The summed E-state index contributed by atoms with van der Waals surface area (Å²) in [6.07, 6.45) is 6.30. The maximum atomic E-state index is 14.0. The lowest BCUT2D eigenvalue weighted by Crippen LogP contribution is -2.64. The van der Waals surface area contributed by atoms with Crippen molar-refractivity contribution < 1.29 is 19.4 Å². The lowest BCUT2D eigenvalue weighted by Gasteiger charge is -2.52. The average Bonchev–Trinajstić information content (AvgIpc) is 3.61. The standard InChI is InChI=1S/C41H49N9O5/c1-7-35(52)44-30-17-26(8-9-32(30)50-15-12-47(24-41(50,4)5)27-22-55-23-27)43-36-39(54)46(6)20-31(45-36)28-10-11-42-37(29(28)21-51)49-14-13-48-33(38(49)53)16-25-18-40(2,3)19-34(25)48/h7-11,16-17,20,27,51H,1,12-15,18-19,21-24H2,2-6H3,(H,43,45)(H,44,52). The number of anilines is 5. The summed E-state index contributed by atoms with van der Waals surface area (Å²) in [4.78, 5) is 55.9. The van der Waals surface area contributed by atoms with E-state index in [1.807, 2.05) is 18.2 Å². The van der Waals surface area contributed by atoms with Crippen LogP contribution in [0.4, 0.5) is 28.7 Å². The zero-order chi connectivity index (χ0) is 38.8. The van der Waals surface area contributed by atoms with Crippen LogP contribution in [0.1, 0.15) is 55.0 Å². The zero-order valence-electron chi connectivity index (χ0n) is 32.2. The third kappa shape index (κ3) is 6.61. The average molecular weight is 748 g/mol. The summed E-state index contributed by atoms with van der Waals surface area (Å²) in [5.74, 6) is -0.0893. The maximum Gasteiger partial charge on any atom is 0.293 e. The van der Waals surface area contributed by atoms with E-state index in [2.05, 4.69) is 64.3 Å². The van der Waals surface area contributed by atoms with E-state index < -0.39 is 6.61 Å². The highest BCUT2D eigenvalue weighted by molar-refractivity contribution is 6.06. The van der Waals surface area contributed by atoms with Crippen molar-refractivity contribution in [1.29, 1.82) is 0 Å². The number of rotatable bonds is 9. The van der Waals surface area contributed by atoms with Crippen molar-refractivity contribution in [2.24, 2.45) is 12.5 Å². The number of ether oxygens (including phenoxy) is 1. The molecule has 14 nitrogen and oxygen atoms in total. The number of nitrogens with zero attached hydrogens (tertiary/aromatic N) is 7. The topological polar surface area (TPSA) is 150 Å². The zero-order valence-corrected chi connectivity index (χ0v) is 32.2. The summed E-state index contributed by atoms with van der Waals surface area (Å²) >= 11 is 0. The molecule has 4 aromatic rings. The second kappa shape index (κ2) is 13.8. The van der Waals surface area contributed by atoms with Crippen LogP contribution in [0, 0.1) is 5.41 Å². The molecule has 55 heavy (non-hydrogen) atoms. The molecule has 2 amide bonds. The molecule has 288 valence electrons. The van der Waals surface area contributed by atoms with Crippen molar-refractivity contribution in [2.75, 3.05) is 59.8 Å². The Bertz CT molecular complexity index is 2270. The largest absolute Gasteiger partial charge is 0.392 e. The lowest BCUT2D eigenvalue weighted by atomic mass is 9.90. The Hall–Kier alpha value is -5.31. The van der Waals surface area contributed by atoms with E-state index in [4.69, 9.17) is 9.72 Å². The molecular weight excluding hydrogens is 699 g/mol. The highest BCUT2D eigenvalue weighted by Crippen LogP contribution is 2.41. The summed E-state index contributed by atoms with van der Waals surface area (Å²) in [6, 6.07) is 9.79. The van der Waals surface area contributed by atoms with Crippen LogP contribution < -0.4 is 26.0 Å². The molecule has 0 radical (unpaired) electrons. The maximum absolute atomic E-state index is 14.0. The van der Waals surface area contributed by atoms with E-state index in [0.717, 1.165) is 51.4 Å². The molecule has 0 bridgehead atoms. The molecule has 2 saturated heterocycles.